The van der Waals surface area contributed by atoms with Gasteiger partial charge in [0.2, 0.25) is 0 Å². The molecule has 0 aliphatic heterocycles. The summed E-state index contributed by atoms with van der Waals surface area (Å²) in [6.07, 6.45) is 11.8. The molecule has 1 aromatic rings. The molecule has 136 valence electrons. The average molecular weight is 341 g/mol. The fraction of sp³-hybridized carbons (Fsp3) is 0.609. The van der Waals surface area contributed by atoms with Crippen LogP contribution in [0.2, 0.25) is 0 Å². The first-order chi connectivity index (χ1) is 12.2. The SMILES string of the molecule is CCCCCCCCC#Cc1ccc(C2CCC(C(=O)OC)C2)cc1. The summed E-state index contributed by atoms with van der Waals surface area (Å²) < 4.78 is 4.87. The van der Waals surface area contributed by atoms with Gasteiger partial charge in [0.25, 0.3) is 0 Å². The summed E-state index contributed by atoms with van der Waals surface area (Å²) >= 11 is 0. The largest absolute Gasteiger partial charge is 0.469 e. The number of carbonyl (C=O) groups excluding carboxylic acids is 1. The summed E-state index contributed by atoms with van der Waals surface area (Å²) in [6.45, 7) is 2.25. The Morgan fingerprint density at radius 1 is 1.08 bits per heavy atom. The number of rotatable bonds is 8. The molecule has 2 rings (SSSR count). The molecule has 0 heterocycles. The Morgan fingerprint density at radius 3 is 2.52 bits per heavy atom. The van der Waals surface area contributed by atoms with Gasteiger partial charge in [-0.25, -0.2) is 0 Å². The van der Waals surface area contributed by atoms with Crippen LogP contribution in [-0.4, -0.2) is 13.1 Å². The second kappa shape index (κ2) is 11.0. The lowest BCUT2D eigenvalue weighted by Gasteiger charge is -2.10. The van der Waals surface area contributed by atoms with Gasteiger partial charge in [-0.15, -0.1) is 0 Å². The number of hydrogen-bond donors (Lipinski definition) is 0. The van der Waals surface area contributed by atoms with Crippen LogP contribution in [0.1, 0.15) is 88.2 Å². The first-order valence-corrected chi connectivity index (χ1v) is 9.91. The van der Waals surface area contributed by atoms with Crippen molar-refractivity contribution >= 4 is 5.97 Å². The quantitative estimate of drug-likeness (QED) is 0.337. The number of unbranched alkanes of at least 4 members (excludes halogenated alkanes) is 6. The zero-order chi connectivity index (χ0) is 17.9. The molecule has 1 saturated carbocycles. The molecule has 2 atom stereocenters. The molecule has 1 aliphatic rings. The first kappa shape index (κ1) is 19.6. The lowest BCUT2D eigenvalue weighted by Crippen LogP contribution is -2.12. The third-order valence-electron chi connectivity index (χ3n) is 5.24. The van der Waals surface area contributed by atoms with E-state index in [0.29, 0.717) is 5.92 Å². The Balaban J connectivity index is 1.73. The zero-order valence-electron chi connectivity index (χ0n) is 15.9. The maximum Gasteiger partial charge on any atom is 0.308 e. The van der Waals surface area contributed by atoms with Gasteiger partial charge in [-0.2, -0.15) is 0 Å². The second-order valence-corrected chi connectivity index (χ2v) is 7.17. The highest BCUT2D eigenvalue weighted by molar-refractivity contribution is 5.72. The van der Waals surface area contributed by atoms with Gasteiger partial charge in [0.1, 0.15) is 0 Å². The molecular formula is C23H32O2. The lowest BCUT2D eigenvalue weighted by atomic mass is 9.95. The highest BCUT2D eigenvalue weighted by Gasteiger charge is 2.31. The summed E-state index contributed by atoms with van der Waals surface area (Å²) in [6, 6.07) is 8.60. The summed E-state index contributed by atoms with van der Waals surface area (Å²) in [5, 5.41) is 0. The van der Waals surface area contributed by atoms with Crippen molar-refractivity contribution in [3.63, 3.8) is 0 Å². The van der Waals surface area contributed by atoms with Gasteiger partial charge in [0, 0.05) is 12.0 Å². The number of ether oxygens (including phenoxy) is 1. The smallest absolute Gasteiger partial charge is 0.308 e. The minimum atomic E-state index is -0.0559. The highest BCUT2D eigenvalue weighted by Crippen LogP contribution is 2.38. The number of methoxy groups -OCH3 is 1. The minimum absolute atomic E-state index is 0.0559. The van der Waals surface area contributed by atoms with Crippen LogP contribution in [0, 0.1) is 17.8 Å². The van der Waals surface area contributed by atoms with Gasteiger partial charge < -0.3 is 4.74 Å². The Hall–Kier alpha value is -1.75. The van der Waals surface area contributed by atoms with Crippen molar-refractivity contribution in [2.75, 3.05) is 7.11 Å². The molecule has 0 radical (unpaired) electrons. The highest BCUT2D eigenvalue weighted by atomic mass is 16.5. The third-order valence-corrected chi connectivity index (χ3v) is 5.24. The number of carbonyl (C=O) groups is 1. The summed E-state index contributed by atoms with van der Waals surface area (Å²) in [5.74, 6) is 7.08. The molecule has 2 nitrogen and oxygen atoms in total. The molecule has 2 heteroatoms. The molecule has 1 aliphatic carbocycles. The Morgan fingerprint density at radius 2 is 1.80 bits per heavy atom. The van der Waals surface area contributed by atoms with Gasteiger partial charge in [-0.1, -0.05) is 63.0 Å². The van der Waals surface area contributed by atoms with E-state index in [1.54, 1.807) is 0 Å². The normalized spacial score (nSPS) is 19.3. The summed E-state index contributed by atoms with van der Waals surface area (Å²) in [5.41, 5.74) is 2.42. The number of benzene rings is 1. The molecule has 2 unspecified atom stereocenters. The van der Waals surface area contributed by atoms with E-state index in [9.17, 15) is 4.79 Å². The van der Waals surface area contributed by atoms with E-state index in [1.807, 2.05) is 0 Å². The Bertz CT molecular complexity index is 576. The van der Waals surface area contributed by atoms with Crippen LogP contribution >= 0.6 is 0 Å². The summed E-state index contributed by atoms with van der Waals surface area (Å²) in [7, 11) is 1.48. The number of esters is 1. The van der Waals surface area contributed by atoms with Gasteiger partial charge in [0.05, 0.1) is 13.0 Å². The van der Waals surface area contributed by atoms with E-state index in [4.69, 9.17) is 4.74 Å². The van der Waals surface area contributed by atoms with Crippen LogP contribution in [0.3, 0.4) is 0 Å². The van der Waals surface area contributed by atoms with Crippen LogP contribution < -0.4 is 0 Å². The summed E-state index contributed by atoms with van der Waals surface area (Å²) in [4.78, 5) is 11.6. The van der Waals surface area contributed by atoms with Crippen molar-refractivity contribution in [2.24, 2.45) is 5.92 Å². The van der Waals surface area contributed by atoms with Gasteiger partial charge >= 0.3 is 5.97 Å². The molecule has 0 N–H and O–H groups in total. The molecule has 1 aromatic carbocycles. The predicted octanol–water partition coefficient (Wildman–Crippen LogP) is 5.85. The molecule has 0 amide bonds. The first-order valence-electron chi connectivity index (χ1n) is 9.91. The maximum absolute atomic E-state index is 11.6. The van der Waals surface area contributed by atoms with E-state index in [1.165, 1.54) is 51.2 Å². The monoisotopic (exact) mass is 340 g/mol. The van der Waals surface area contributed by atoms with Crippen molar-refractivity contribution < 1.29 is 9.53 Å². The standard InChI is InChI=1S/C23H32O2/c1-3-4-5-6-7-8-9-10-11-19-12-14-20(15-13-19)21-16-17-22(18-21)23(24)25-2/h12-15,21-22H,3-9,16-18H2,1-2H3. The van der Waals surface area contributed by atoms with Crippen molar-refractivity contribution in [3.8, 4) is 11.8 Å². The Labute approximate surface area is 153 Å². The van der Waals surface area contributed by atoms with Crippen molar-refractivity contribution in [1.82, 2.24) is 0 Å². The van der Waals surface area contributed by atoms with Crippen LogP contribution in [0.5, 0.6) is 0 Å². The molecule has 0 bridgehead atoms. The number of hydrogen-bond acceptors (Lipinski definition) is 2. The molecule has 0 saturated heterocycles. The lowest BCUT2D eigenvalue weighted by molar-refractivity contribution is -0.145. The maximum atomic E-state index is 11.6. The van der Waals surface area contributed by atoms with E-state index < -0.39 is 0 Å². The fourth-order valence-electron chi connectivity index (χ4n) is 3.66. The minimum Gasteiger partial charge on any atom is -0.469 e. The molecule has 1 fully saturated rings. The van der Waals surface area contributed by atoms with E-state index in [0.717, 1.165) is 31.2 Å². The zero-order valence-corrected chi connectivity index (χ0v) is 15.9. The van der Waals surface area contributed by atoms with Crippen LogP contribution in [0.25, 0.3) is 0 Å². The van der Waals surface area contributed by atoms with Crippen molar-refractivity contribution in [3.05, 3.63) is 35.4 Å². The molecule has 25 heavy (non-hydrogen) atoms. The van der Waals surface area contributed by atoms with Crippen LogP contribution in [-0.2, 0) is 9.53 Å². The van der Waals surface area contributed by atoms with Crippen molar-refractivity contribution in [1.29, 1.82) is 0 Å². The van der Waals surface area contributed by atoms with E-state index in [2.05, 4.69) is 43.0 Å². The van der Waals surface area contributed by atoms with Gasteiger partial charge in [-0.3, -0.25) is 4.79 Å². The van der Waals surface area contributed by atoms with Crippen molar-refractivity contribution in [2.45, 2.75) is 77.0 Å². The molecule has 0 aromatic heterocycles. The molecular weight excluding hydrogens is 308 g/mol. The van der Waals surface area contributed by atoms with E-state index >= 15 is 0 Å². The molecule has 0 spiro atoms. The van der Waals surface area contributed by atoms with Gasteiger partial charge in [-0.05, 0) is 49.3 Å². The van der Waals surface area contributed by atoms with E-state index in [-0.39, 0.29) is 11.9 Å². The third kappa shape index (κ3) is 6.58. The second-order valence-electron chi connectivity index (χ2n) is 7.17. The topological polar surface area (TPSA) is 26.3 Å². The van der Waals surface area contributed by atoms with Crippen LogP contribution in [0.15, 0.2) is 24.3 Å². The van der Waals surface area contributed by atoms with Crippen LogP contribution in [0.4, 0.5) is 0 Å². The Kier molecular flexibility index (Phi) is 8.60. The fourth-order valence-corrected chi connectivity index (χ4v) is 3.66. The predicted molar refractivity (Wildman–Crippen MR) is 103 cm³/mol. The van der Waals surface area contributed by atoms with Gasteiger partial charge in [0.15, 0.2) is 0 Å². The average Bonchev–Trinajstić information content (AvgIpc) is 3.14.